The largest absolute Gasteiger partial charge is 0.497 e. The number of tetrazole rings is 1. The van der Waals surface area contributed by atoms with Gasteiger partial charge in [-0.15, -0.1) is 5.10 Å². The van der Waals surface area contributed by atoms with Crippen LogP contribution >= 0.6 is 0 Å². The van der Waals surface area contributed by atoms with E-state index in [1.54, 1.807) is 13.4 Å². The molecule has 3 aromatic rings. The third-order valence-corrected chi connectivity index (χ3v) is 5.06. The summed E-state index contributed by atoms with van der Waals surface area (Å²) in [5, 5.41) is 12.8. The minimum atomic E-state index is -0.197. The van der Waals surface area contributed by atoms with Gasteiger partial charge in [0.15, 0.2) is 11.8 Å². The summed E-state index contributed by atoms with van der Waals surface area (Å²) in [6.07, 6.45) is 1.72. The minimum absolute atomic E-state index is 0.0977. The number of methoxy groups -OCH3 is 1. The molecule has 29 heavy (non-hydrogen) atoms. The number of nitrogens with zero attached hydrogens (tertiary/aromatic N) is 4. The van der Waals surface area contributed by atoms with Gasteiger partial charge in [0.2, 0.25) is 5.82 Å². The molecular formula is C22H32N5O2+. The van der Waals surface area contributed by atoms with E-state index in [1.165, 1.54) is 10.5 Å². The second-order valence-electron chi connectivity index (χ2n) is 8.78. The van der Waals surface area contributed by atoms with Gasteiger partial charge in [0.05, 0.1) is 18.9 Å². The zero-order valence-electron chi connectivity index (χ0n) is 18.2. The van der Waals surface area contributed by atoms with Gasteiger partial charge in [-0.05, 0) is 55.5 Å². The van der Waals surface area contributed by atoms with Gasteiger partial charge in [-0.2, -0.15) is 0 Å². The Morgan fingerprint density at radius 2 is 1.93 bits per heavy atom. The summed E-state index contributed by atoms with van der Waals surface area (Å²) in [5.41, 5.74) is 1.00. The van der Waals surface area contributed by atoms with Gasteiger partial charge in [-0.3, -0.25) is 0 Å². The first-order chi connectivity index (χ1) is 13.8. The topological polar surface area (TPSA) is 70.4 Å². The Kier molecular flexibility index (Phi) is 6.37. The number of furan rings is 1. The molecular weight excluding hydrogens is 366 g/mol. The molecule has 0 aliphatic carbocycles. The number of benzene rings is 1. The van der Waals surface area contributed by atoms with E-state index in [2.05, 4.69) is 62.3 Å². The average Bonchev–Trinajstić information content (AvgIpc) is 3.33. The fourth-order valence-electron chi connectivity index (χ4n) is 3.78. The van der Waals surface area contributed by atoms with Crippen LogP contribution in [-0.2, 0) is 18.6 Å². The highest BCUT2D eigenvalue weighted by molar-refractivity contribution is 5.27. The predicted octanol–water partition coefficient (Wildman–Crippen LogP) is 3.01. The lowest BCUT2D eigenvalue weighted by Crippen LogP contribution is -3.10. The van der Waals surface area contributed by atoms with Crippen molar-refractivity contribution in [1.29, 1.82) is 0 Å². The number of hydrogen-bond donors (Lipinski definition) is 1. The van der Waals surface area contributed by atoms with E-state index in [0.717, 1.165) is 30.4 Å². The first-order valence-corrected chi connectivity index (χ1v) is 10.1. The molecule has 0 radical (unpaired) electrons. The summed E-state index contributed by atoms with van der Waals surface area (Å²) in [6, 6.07) is 12.3. The van der Waals surface area contributed by atoms with Gasteiger partial charge in [0.1, 0.15) is 18.8 Å². The van der Waals surface area contributed by atoms with Crippen molar-refractivity contribution in [3.05, 3.63) is 59.8 Å². The summed E-state index contributed by atoms with van der Waals surface area (Å²) >= 11 is 0. The van der Waals surface area contributed by atoms with E-state index < -0.39 is 0 Å². The Balaban J connectivity index is 2.01. The molecule has 2 aromatic heterocycles. The maximum absolute atomic E-state index is 5.69. The predicted molar refractivity (Wildman–Crippen MR) is 110 cm³/mol. The maximum Gasteiger partial charge on any atom is 0.210 e. The lowest BCUT2D eigenvalue weighted by molar-refractivity contribution is -0.963. The van der Waals surface area contributed by atoms with E-state index in [4.69, 9.17) is 9.15 Å². The highest BCUT2D eigenvalue weighted by atomic mass is 16.5. The van der Waals surface area contributed by atoms with Gasteiger partial charge in [-0.25, -0.2) is 4.68 Å². The normalized spacial score (nSPS) is 14.2. The second kappa shape index (κ2) is 8.78. The maximum atomic E-state index is 5.69. The number of hydrogen-bond acceptors (Lipinski definition) is 5. The monoisotopic (exact) mass is 398 g/mol. The van der Waals surface area contributed by atoms with E-state index in [-0.39, 0.29) is 11.6 Å². The van der Waals surface area contributed by atoms with Crippen LogP contribution in [0.1, 0.15) is 57.8 Å². The highest BCUT2D eigenvalue weighted by Crippen LogP contribution is 2.23. The van der Waals surface area contributed by atoms with Crippen molar-refractivity contribution >= 4 is 0 Å². The van der Waals surface area contributed by atoms with Crippen LogP contribution in [-0.4, -0.2) is 27.3 Å². The Morgan fingerprint density at radius 1 is 1.14 bits per heavy atom. The number of nitrogens with one attached hydrogen (secondary N) is 1. The molecule has 3 rings (SSSR count). The van der Waals surface area contributed by atoms with Crippen LogP contribution in [0.3, 0.4) is 0 Å². The molecule has 0 aliphatic heterocycles. The Bertz CT molecular complexity index is 896. The van der Waals surface area contributed by atoms with Crippen LogP contribution in [0, 0.1) is 5.92 Å². The third-order valence-electron chi connectivity index (χ3n) is 5.06. The van der Waals surface area contributed by atoms with Crippen LogP contribution in [0.5, 0.6) is 5.75 Å². The summed E-state index contributed by atoms with van der Waals surface area (Å²) in [6.45, 7) is 12.4. The molecule has 7 heteroatoms. The summed E-state index contributed by atoms with van der Waals surface area (Å²) in [7, 11) is 1.70. The van der Waals surface area contributed by atoms with Gasteiger partial charge < -0.3 is 14.1 Å². The van der Waals surface area contributed by atoms with E-state index in [1.807, 2.05) is 28.9 Å². The highest BCUT2D eigenvalue weighted by Gasteiger charge is 2.36. The Labute approximate surface area is 172 Å². The van der Waals surface area contributed by atoms with Gasteiger partial charge in [-0.1, -0.05) is 26.0 Å². The molecule has 0 saturated heterocycles. The van der Waals surface area contributed by atoms with Crippen LogP contribution in [0.25, 0.3) is 0 Å². The van der Waals surface area contributed by atoms with E-state index >= 15 is 0 Å². The molecule has 0 aliphatic rings. The summed E-state index contributed by atoms with van der Waals surface area (Å²) in [5.74, 6) is 3.04. The summed E-state index contributed by atoms with van der Waals surface area (Å²) in [4.78, 5) is 1.32. The molecule has 7 nitrogen and oxygen atoms in total. The first kappa shape index (κ1) is 21.0. The Hall–Kier alpha value is -2.67. The molecule has 2 heterocycles. The zero-order valence-corrected chi connectivity index (χ0v) is 18.2. The minimum Gasteiger partial charge on any atom is -0.497 e. The summed E-state index contributed by atoms with van der Waals surface area (Å²) < 4.78 is 13.1. The van der Waals surface area contributed by atoms with Crippen molar-refractivity contribution in [2.24, 2.45) is 5.92 Å². The molecule has 156 valence electrons. The molecule has 0 fully saturated rings. The molecule has 0 bridgehead atoms. The van der Waals surface area contributed by atoms with Crippen molar-refractivity contribution in [3.63, 3.8) is 0 Å². The average molecular weight is 399 g/mol. The fourth-order valence-corrected chi connectivity index (χ4v) is 3.78. The van der Waals surface area contributed by atoms with Crippen LogP contribution in [0.2, 0.25) is 0 Å². The molecule has 2 atom stereocenters. The van der Waals surface area contributed by atoms with Gasteiger partial charge in [0.25, 0.3) is 0 Å². The number of rotatable bonds is 8. The quantitative estimate of drug-likeness (QED) is 0.632. The van der Waals surface area contributed by atoms with Crippen molar-refractivity contribution in [3.8, 4) is 5.75 Å². The van der Waals surface area contributed by atoms with E-state index in [0.29, 0.717) is 5.92 Å². The standard InChI is InChI=1S/C22H31N5O2/c1-16(2)20(21-23-24-25-27(21)22(3,4)5)26(15-19-11-8-12-29-19)14-17-9-7-10-18(13-17)28-6/h7-13,16,20H,14-15H2,1-6H3/p+1/t20-/m0/s1. The van der Waals surface area contributed by atoms with Crippen LogP contribution in [0.4, 0.5) is 0 Å². The third kappa shape index (κ3) is 5.03. The number of ether oxygens (including phenoxy) is 1. The molecule has 1 aromatic carbocycles. The Morgan fingerprint density at radius 3 is 2.55 bits per heavy atom. The van der Waals surface area contributed by atoms with Crippen molar-refractivity contribution in [1.82, 2.24) is 20.2 Å². The fraction of sp³-hybridized carbons (Fsp3) is 0.500. The van der Waals surface area contributed by atoms with E-state index in [9.17, 15) is 0 Å². The van der Waals surface area contributed by atoms with Crippen molar-refractivity contribution in [2.45, 2.75) is 59.3 Å². The van der Waals surface area contributed by atoms with Crippen LogP contribution < -0.4 is 9.64 Å². The van der Waals surface area contributed by atoms with Crippen molar-refractivity contribution < 1.29 is 14.1 Å². The number of quaternary nitrogens is 1. The molecule has 0 spiro atoms. The SMILES string of the molecule is COc1cccc(C[NH+](Cc2ccco2)[C@H](c2nnnn2C(C)(C)C)C(C)C)c1. The van der Waals surface area contributed by atoms with Crippen molar-refractivity contribution in [2.75, 3.05) is 7.11 Å². The number of aromatic nitrogens is 4. The van der Waals surface area contributed by atoms with Gasteiger partial charge >= 0.3 is 0 Å². The molecule has 1 N–H and O–H groups in total. The lowest BCUT2D eigenvalue weighted by Gasteiger charge is -2.32. The zero-order chi connectivity index (χ0) is 21.0. The first-order valence-electron chi connectivity index (χ1n) is 10.1. The smallest absolute Gasteiger partial charge is 0.210 e. The molecule has 1 unspecified atom stereocenters. The van der Waals surface area contributed by atoms with Crippen LogP contribution in [0.15, 0.2) is 47.1 Å². The second-order valence-corrected chi connectivity index (χ2v) is 8.78. The molecule has 0 amide bonds. The van der Waals surface area contributed by atoms with Gasteiger partial charge in [0, 0.05) is 11.5 Å². The lowest BCUT2D eigenvalue weighted by atomic mass is 9.99. The molecule has 0 saturated carbocycles.